The molecule has 6 heteroatoms. The van der Waals surface area contributed by atoms with Gasteiger partial charge in [-0.1, -0.05) is 23.7 Å². The molecule has 4 nitrogen and oxygen atoms in total. The number of halogens is 2. The maximum atomic E-state index is 13.1. The van der Waals surface area contributed by atoms with Crippen LogP contribution in [0.2, 0.25) is 5.02 Å². The van der Waals surface area contributed by atoms with Crippen molar-refractivity contribution in [3.8, 4) is 0 Å². The van der Waals surface area contributed by atoms with Crippen LogP contribution in [-0.2, 0) is 6.54 Å². The van der Waals surface area contributed by atoms with Gasteiger partial charge in [-0.05, 0) is 35.9 Å². The maximum Gasteiger partial charge on any atom is 0.287 e. The molecular weight excluding hydrogens is 321 g/mol. The average molecular weight is 332 g/mol. The second-order valence-electron chi connectivity index (χ2n) is 4.92. The summed E-state index contributed by atoms with van der Waals surface area (Å²) in [5.41, 5.74) is 0.547. The van der Waals surface area contributed by atoms with Crippen molar-refractivity contribution >= 4 is 28.5 Å². The highest BCUT2D eigenvalue weighted by atomic mass is 35.5. The second-order valence-corrected chi connectivity index (χ2v) is 5.36. The number of nitrogens with one attached hydrogen (secondary N) is 1. The zero-order valence-corrected chi connectivity index (χ0v) is 12.6. The molecule has 2 aromatic carbocycles. The zero-order valence-electron chi connectivity index (χ0n) is 11.8. The molecule has 0 saturated heterocycles. The lowest BCUT2D eigenvalue weighted by molar-refractivity contribution is 0.0923. The molecule has 1 amide bonds. The first-order valence-electron chi connectivity index (χ1n) is 6.79. The highest BCUT2D eigenvalue weighted by molar-refractivity contribution is 6.30. The van der Waals surface area contributed by atoms with Crippen molar-refractivity contribution in [2.24, 2.45) is 0 Å². The molecule has 0 spiro atoms. The Morgan fingerprint density at radius 2 is 1.87 bits per heavy atom. The van der Waals surface area contributed by atoms with Crippen molar-refractivity contribution in [2.75, 3.05) is 0 Å². The Hall–Kier alpha value is -2.66. The van der Waals surface area contributed by atoms with Crippen LogP contribution in [0.3, 0.4) is 0 Å². The first kappa shape index (κ1) is 15.2. The Bertz CT molecular complexity index is 935. The van der Waals surface area contributed by atoms with Gasteiger partial charge in [0.2, 0.25) is 0 Å². The number of rotatable bonds is 3. The van der Waals surface area contributed by atoms with Gasteiger partial charge in [-0.25, -0.2) is 4.39 Å². The van der Waals surface area contributed by atoms with Gasteiger partial charge >= 0.3 is 0 Å². The number of carbonyl (C=O) groups is 1. The van der Waals surface area contributed by atoms with E-state index in [1.54, 1.807) is 24.3 Å². The third-order valence-corrected chi connectivity index (χ3v) is 3.53. The van der Waals surface area contributed by atoms with Crippen LogP contribution in [0, 0.1) is 5.82 Å². The third-order valence-electron chi connectivity index (χ3n) is 3.28. The summed E-state index contributed by atoms with van der Waals surface area (Å²) in [6.07, 6.45) is 0. The van der Waals surface area contributed by atoms with E-state index in [-0.39, 0.29) is 23.3 Å². The largest absolute Gasteiger partial charge is 0.451 e. The van der Waals surface area contributed by atoms with Crippen LogP contribution in [0.1, 0.15) is 16.1 Å². The SMILES string of the molecule is O=C(NCc1ccc(Cl)cc1)c1cc(=O)c2cc(F)ccc2o1. The topological polar surface area (TPSA) is 59.3 Å². The summed E-state index contributed by atoms with van der Waals surface area (Å²) in [6.45, 7) is 0.265. The van der Waals surface area contributed by atoms with E-state index in [1.165, 1.54) is 12.1 Å². The molecule has 0 aliphatic heterocycles. The van der Waals surface area contributed by atoms with Crippen LogP contribution in [0.25, 0.3) is 11.0 Å². The van der Waals surface area contributed by atoms with E-state index in [0.29, 0.717) is 5.02 Å². The van der Waals surface area contributed by atoms with Gasteiger partial charge in [-0.3, -0.25) is 9.59 Å². The first-order valence-corrected chi connectivity index (χ1v) is 7.17. The number of benzene rings is 2. The van der Waals surface area contributed by atoms with E-state index < -0.39 is 17.2 Å². The molecular formula is C17H11ClFNO3. The fraction of sp³-hybridized carbons (Fsp3) is 0.0588. The van der Waals surface area contributed by atoms with Crippen LogP contribution < -0.4 is 10.7 Å². The number of fused-ring (bicyclic) bond motifs is 1. The quantitative estimate of drug-likeness (QED) is 0.799. The van der Waals surface area contributed by atoms with Crippen molar-refractivity contribution in [1.82, 2.24) is 5.32 Å². The Morgan fingerprint density at radius 1 is 1.13 bits per heavy atom. The fourth-order valence-electron chi connectivity index (χ4n) is 2.11. The van der Waals surface area contributed by atoms with Gasteiger partial charge in [0.25, 0.3) is 5.91 Å². The van der Waals surface area contributed by atoms with Crippen LogP contribution in [0.5, 0.6) is 0 Å². The van der Waals surface area contributed by atoms with Gasteiger partial charge in [0.1, 0.15) is 11.4 Å². The van der Waals surface area contributed by atoms with E-state index in [9.17, 15) is 14.0 Å². The minimum absolute atomic E-state index is 0.0965. The van der Waals surface area contributed by atoms with Gasteiger partial charge in [0, 0.05) is 17.6 Å². The predicted octanol–water partition coefficient (Wildman–Crippen LogP) is 3.52. The molecule has 3 rings (SSSR count). The standard InChI is InChI=1S/C17H11ClFNO3/c18-11-3-1-10(2-4-11)9-20-17(22)16-8-14(21)13-7-12(19)5-6-15(13)23-16/h1-8H,9H2,(H,20,22). The molecule has 0 fully saturated rings. The Balaban J connectivity index is 1.82. The van der Waals surface area contributed by atoms with Crippen molar-refractivity contribution in [3.05, 3.63) is 80.9 Å². The molecule has 1 N–H and O–H groups in total. The van der Waals surface area contributed by atoms with Gasteiger partial charge in [-0.2, -0.15) is 0 Å². The number of amides is 1. The molecule has 23 heavy (non-hydrogen) atoms. The lowest BCUT2D eigenvalue weighted by Crippen LogP contribution is -2.24. The summed E-state index contributed by atoms with van der Waals surface area (Å²) in [5, 5.41) is 3.35. The minimum Gasteiger partial charge on any atom is -0.451 e. The number of carbonyl (C=O) groups excluding carboxylic acids is 1. The van der Waals surface area contributed by atoms with Crippen molar-refractivity contribution in [2.45, 2.75) is 6.54 Å². The Kier molecular flexibility index (Phi) is 4.12. The molecule has 0 aliphatic carbocycles. The lowest BCUT2D eigenvalue weighted by atomic mass is 10.2. The summed E-state index contributed by atoms with van der Waals surface area (Å²) in [6, 6.07) is 11.6. The highest BCUT2D eigenvalue weighted by Gasteiger charge is 2.12. The summed E-state index contributed by atoms with van der Waals surface area (Å²) in [7, 11) is 0. The highest BCUT2D eigenvalue weighted by Crippen LogP contribution is 2.14. The van der Waals surface area contributed by atoms with E-state index in [1.807, 2.05) is 0 Å². The van der Waals surface area contributed by atoms with Crippen LogP contribution >= 0.6 is 11.6 Å². The number of hydrogen-bond acceptors (Lipinski definition) is 3. The van der Waals surface area contributed by atoms with E-state index >= 15 is 0 Å². The maximum absolute atomic E-state index is 13.1. The normalized spacial score (nSPS) is 10.7. The molecule has 0 saturated carbocycles. The molecule has 3 aromatic rings. The minimum atomic E-state index is -0.537. The average Bonchev–Trinajstić information content (AvgIpc) is 2.54. The number of hydrogen-bond donors (Lipinski definition) is 1. The Labute approximate surface area is 135 Å². The predicted molar refractivity (Wildman–Crippen MR) is 85.1 cm³/mol. The molecule has 0 bridgehead atoms. The van der Waals surface area contributed by atoms with Crippen LogP contribution in [0.4, 0.5) is 4.39 Å². The monoisotopic (exact) mass is 331 g/mol. The second kappa shape index (κ2) is 6.22. The fourth-order valence-corrected chi connectivity index (χ4v) is 2.24. The molecule has 0 aliphatic rings. The molecule has 0 radical (unpaired) electrons. The van der Waals surface area contributed by atoms with Gasteiger partial charge in [0.15, 0.2) is 11.2 Å². The third kappa shape index (κ3) is 3.40. The smallest absolute Gasteiger partial charge is 0.287 e. The van der Waals surface area contributed by atoms with Gasteiger partial charge < -0.3 is 9.73 Å². The lowest BCUT2D eigenvalue weighted by Gasteiger charge is -2.06. The molecule has 1 heterocycles. The van der Waals surface area contributed by atoms with Crippen molar-refractivity contribution in [3.63, 3.8) is 0 Å². The Morgan fingerprint density at radius 3 is 2.61 bits per heavy atom. The van der Waals surface area contributed by atoms with E-state index in [2.05, 4.69) is 5.32 Å². The summed E-state index contributed by atoms with van der Waals surface area (Å²) in [5.74, 6) is -1.18. The zero-order chi connectivity index (χ0) is 16.4. The van der Waals surface area contributed by atoms with Gasteiger partial charge in [0.05, 0.1) is 5.39 Å². The summed E-state index contributed by atoms with van der Waals surface area (Å²) >= 11 is 5.79. The van der Waals surface area contributed by atoms with Crippen LogP contribution in [-0.4, -0.2) is 5.91 Å². The molecule has 1 aromatic heterocycles. The van der Waals surface area contributed by atoms with Crippen LogP contribution in [0.15, 0.2) is 57.7 Å². The summed E-state index contributed by atoms with van der Waals surface area (Å²) in [4.78, 5) is 24.1. The van der Waals surface area contributed by atoms with Gasteiger partial charge in [-0.15, -0.1) is 0 Å². The van der Waals surface area contributed by atoms with Crippen molar-refractivity contribution in [1.29, 1.82) is 0 Å². The summed E-state index contributed by atoms with van der Waals surface area (Å²) < 4.78 is 18.5. The van der Waals surface area contributed by atoms with Crippen molar-refractivity contribution < 1.29 is 13.6 Å². The molecule has 0 atom stereocenters. The van der Waals surface area contributed by atoms with E-state index in [4.69, 9.17) is 16.0 Å². The molecule has 0 unspecified atom stereocenters. The van der Waals surface area contributed by atoms with E-state index in [0.717, 1.165) is 17.7 Å². The first-order chi connectivity index (χ1) is 11.0. The molecule has 116 valence electrons.